The van der Waals surface area contributed by atoms with Gasteiger partial charge >= 0.3 is 0 Å². The fourth-order valence-corrected chi connectivity index (χ4v) is 3.90. The molecule has 1 aliphatic heterocycles. The van der Waals surface area contributed by atoms with Gasteiger partial charge in [0, 0.05) is 42.3 Å². The molecular weight excluding hydrogens is 368 g/mol. The Balaban J connectivity index is 1.49. The van der Waals surface area contributed by atoms with Gasteiger partial charge in [-0.05, 0) is 38.0 Å². The van der Waals surface area contributed by atoms with Crippen LogP contribution < -0.4 is 10.5 Å². The average Bonchev–Trinajstić information content (AvgIpc) is 3.39. The summed E-state index contributed by atoms with van der Waals surface area (Å²) < 4.78 is 3.32. The fourth-order valence-electron chi connectivity index (χ4n) is 3.90. The van der Waals surface area contributed by atoms with Crippen molar-refractivity contribution in [3.05, 3.63) is 65.1 Å². The van der Waals surface area contributed by atoms with E-state index in [1.165, 1.54) is 6.33 Å². The number of aromatic nitrogens is 7. The number of rotatable bonds is 4. The Hall–Kier alpha value is -3.62. The molecule has 4 aromatic heterocycles. The van der Waals surface area contributed by atoms with Crippen LogP contribution in [0.1, 0.15) is 18.5 Å². The van der Waals surface area contributed by atoms with Crippen molar-refractivity contribution in [1.82, 2.24) is 34.3 Å². The summed E-state index contributed by atoms with van der Waals surface area (Å²) in [4.78, 5) is 27.5. The third kappa shape index (κ3) is 3.24. The standard InChI is InChI=1S/C20H20N8O/c1-14-11-18(28-20(24-14)22-13-23-28)26-10-2-3-16(26)12-27-19(29)5-4-17(25-27)15-6-8-21-9-7-15/h4-9,11,13,16H,2-3,10,12H2,1H3. The highest BCUT2D eigenvalue weighted by Gasteiger charge is 2.28. The largest absolute Gasteiger partial charge is 0.352 e. The Morgan fingerprint density at radius 3 is 2.90 bits per heavy atom. The molecule has 1 unspecified atom stereocenters. The van der Waals surface area contributed by atoms with Crippen LogP contribution in [0.2, 0.25) is 0 Å². The first kappa shape index (κ1) is 17.5. The van der Waals surface area contributed by atoms with E-state index in [1.807, 2.05) is 25.1 Å². The molecule has 1 fully saturated rings. The van der Waals surface area contributed by atoms with Gasteiger partial charge in [-0.15, -0.1) is 0 Å². The van der Waals surface area contributed by atoms with Gasteiger partial charge in [0.1, 0.15) is 12.1 Å². The number of fused-ring (bicyclic) bond motifs is 1. The van der Waals surface area contributed by atoms with E-state index in [2.05, 4.69) is 30.0 Å². The van der Waals surface area contributed by atoms with Crippen LogP contribution in [0.4, 0.5) is 5.82 Å². The molecule has 5 rings (SSSR count). The number of pyridine rings is 1. The minimum absolute atomic E-state index is 0.105. The van der Waals surface area contributed by atoms with Crippen LogP contribution in [0.25, 0.3) is 17.0 Å². The van der Waals surface area contributed by atoms with Crippen LogP contribution in [0.5, 0.6) is 0 Å². The molecule has 0 spiro atoms. The first-order valence-corrected chi connectivity index (χ1v) is 9.61. The fraction of sp³-hybridized carbons (Fsp3) is 0.300. The molecule has 0 aromatic carbocycles. The molecule has 1 aliphatic rings. The summed E-state index contributed by atoms with van der Waals surface area (Å²) in [6.45, 7) is 3.35. The van der Waals surface area contributed by atoms with Gasteiger partial charge in [-0.2, -0.15) is 19.7 Å². The molecule has 0 bridgehead atoms. The van der Waals surface area contributed by atoms with E-state index < -0.39 is 0 Å². The van der Waals surface area contributed by atoms with Crippen LogP contribution in [0.15, 0.2) is 53.8 Å². The van der Waals surface area contributed by atoms with Gasteiger partial charge in [-0.25, -0.2) is 9.67 Å². The lowest BCUT2D eigenvalue weighted by Crippen LogP contribution is -2.38. The summed E-state index contributed by atoms with van der Waals surface area (Å²) in [6.07, 6.45) is 6.98. The summed E-state index contributed by atoms with van der Waals surface area (Å²) in [5, 5.41) is 8.94. The van der Waals surface area contributed by atoms with Crippen molar-refractivity contribution < 1.29 is 0 Å². The summed E-state index contributed by atoms with van der Waals surface area (Å²) in [5.74, 6) is 1.53. The van der Waals surface area contributed by atoms with Gasteiger partial charge in [0.05, 0.1) is 18.3 Å². The predicted molar refractivity (Wildman–Crippen MR) is 108 cm³/mol. The van der Waals surface area contributed by atoms with Gasteiger partial charge in [0.15, 0.2) is 0 Å². The van der Waals surface area contributed by atoms with E-state index in [9.17, 15) is 4.79 Å². The van der Waals surface area contributed by atoms with Crippen molar-refractivity contribution in [2.75, 3.05) is 11.4 Å². The normalized spacial score (nSPS) is 16.6. The van der Waals surface area contributed by atoms with Crippen LogP contribution in [-0.2, 0) is 6.54 Å². The minimum atomic E-state index is -0.105. The summed E-state index contributed by atoms with van der Waals surface area (Å²) in [7, 11) is 0. The van der Waals surface area contributed by atoms with Crippen molar-refractivity contribution in [3.63, 3.8) is 0 Å². The van der Waals surface area contributed by atoms with Crippen molar-refractivity contribution >= 4 is 11.6 Å². The van der Waals surface area contributed by atoms with Crippen molar-refractivity contribution in [2.24, 2.45) is 0 Å². The van der Waals surface area contributed by atoms with Gasteiger partial charge < -0.3 is 4.90 Å². The molecule has 5 heterocycles. The monoisotopic (exact) mass is 388 g/mol. The maximum absolute atomic E-state index is 12.5. The zero-order chi connectivity index (χ0) is 19.8. The highest BCUT2D eigenvalue weighted by Crippen LogP contribution is 2.27. The molecule has 4 aromatic rings. The predicted octanol–water partition coefficient (Wildman–Crippen LogP) is 1.72. The third-order valence-corrected chi connectivity index (χ3v) is 5.26. The van der Waals surface area contributed by atoms with Crippen LogP contribution in [-0.4, -0.2) is 46.9 Å². The topological polar surface area (TPSA) is 94.1 Å². The highest BCUT2D eigenvalue weighted by molar-refractivity contribution is 5.57. The average molecular weight is 388 g/mol. The molecule has 9 heteroatoms. The van der Waals surface area contributed by atoms with E-state index in [-0.39, 0.29) is 11.6 Å². The number of anilines is 1. The Morgan fingerprint density at radius 1 is 1.17 bits per heavy atom. The van der Waals surface area contributed by atoms with Crippen LogP contribution in [0.3, 0.4) is 0 Å². The first-order chi connectivity index (χ1) is 14.2. The van der Waals surface area contributed by atoms with Crippen LogP contribution >= 0.6 is 0 Å². The van der Waals surface area contributed by atoms with E-state index in [1.54, 1.807) is 33.7 Å². The quantitative estimate of drug-likeness (QED) is 0.525. The number of nitrogens with zero attached hydrogens (tertiary/aromatic N) is 8. The second-order valence-corrected chi connectivity index (χ2v) is 7.19. The molecular formula is C20H20N8O. The summed E-state index contributed by atoms with van der Waals surface area (Å²) >= 11 is 0. The maximum atomic E-state index is 12.5. The summed E-state index contributed by atoms with van der Waals surface area (Å²) in [6, 6.07) is 9.27. The first-order valence-electron chi connectivity index (χ1n) is 9.61. The van der Waals surface area contributed by atoms with E-state index in [4.69, 9.17) is 0 Å². The number of hydrogen-bond donors (Lipinski definition) is 0. The van der Waals surface area contributed by atoms with E-state index in [0.717, 1.165) is 42.2 Å². The highest BCUT2D eigenvalue weighted by atomic mass is 16.1. The van der Waals surface area contributed by atoms with Gasteiger partial charge in [0.25, 0.3) is 11.3 Å². The molecule has 9 nitrogen and oxygen atoms in total. The summed E-state index contributed by atoms with van der Waals surface area (Å²) in [5.41, 5.74) is 2.48. The van der Waals surface area contributed by atoms with E-state index in [0.29, 0.717) is 12.3 Å². The molecule has 0 radical (unpaired) electrons. The number of hydrogen-bond acceptors (Lipinski definition) is 7. The Kier molecular flexibility index (Phi) is 4.27. The molecule has 0 N–H and O–H groups in total. The molecule has 0 amide bonds. The lowest BCUT2D eigenvalue weighted by atomic mass is 10.2. The van der Waals surface area contributed by atoms with Crippen LogP contribution in [0, 0.1) is 6.92 Å². The van der Waals surface area contributed by atoms with E-state index >= 15 is 0 Å². The Morgan fingerprint density at radius 2 is 2.03 bits per heavy atom. The second kappa shape index (κ2) is 7.08. The SMILES string of the molecule is Cc1cc(N2CCCC2Cn2nc(-c3ccncc3)ccc2=O)n2ncnc2n1. The molecule has 0 aliphatic carbocycles. The molecule has 146 valence electrons. The van der Waals surface area contributed by atoms with Gasteiger partial charge in [0.2, 0.25) is 0 Å². The molecule has 0 saturated carbocycles. The Bertz CT molecular complexity index is 1220. The van der Waals surface area contributed by atoms with Crippen molar-refractivity contribution in [2.45, 2.75) is 32.4 Å². The van der Waals surface area contributed by atoms with Crippen molar-refractivity contribution in [1.29, 1.82) is 0 Å². The Labute approximate surface area is 166 Å². The van der Waals surface area contributed by atoms with Gasteiger partial charge in [-0.1, -0.05) is 0 Å². The minimum Gasteiger partial charge on any atom is -0.352 e. The molecule has 29 heavy (non-hydrogen) atoms. The number of aryl methyl sites for hydroxylation is 1. The third-order valence-electron chi connectivity index (χ3n) is 5.26. The second-order valence-electron chi connectivity index (χ2n) is 7.19. The van der Waals surface area contributed by atoms with Crippen molar-refractivity contribution in [3.8, 4) is 11.3 Å². The zero-order valence-corrected chi connectivity index (χ0v) is 16.0. The molecule has 1 saturated heterocycles. The van der Waals surface area contributed by atoms with Gasteiger partial charge in [-0.3, -0.25) is 9.78 Å². The maximum Gasteiger partial charge on any atom is 0.266 e. The lowest BCUT2D eigenvalue weighted by Gasteiger charge is -2.27. The zero-order valence-electron chi connectivity index (χ0n) is 16.0. The lowest BCUT2D eigenvalue weighted by molar-refractivity contribution is 0.487. The molecule has 1 atom stereocenters. The smallest absolute Gasteiger partial charge is 0.266 e.